The van der Waals surface area contributed by atoms with Gasteiger partial charge in [0.05, 0.1) is 15.4 Å². The molecule has 3 rings (SSSR count). The van der Waals surface area contributed by atoms with Crippen LogP contribution >= 0.6 is 11.8 Å². The van der Waals surface area contributed by atoms with Gasteiger partial charge in [-0.15, -0.1) is 11.8 Å². The number of nitrogens with zero attached hydrogens (tertiary/aromatic N) is 1. The fourth-order valence-corrected chi connectivity index (χ4v) is 3.24. The van der Waals surface area contributed by atoms with Gasteiger partial charge < -0.3 is 10.1 Å². The molecule has 0 saturated heterocycles. The first kappa shape index (κ1) is 19.4. The van der Waals surface area contributed by atoms with Gasteiger partial charge in [0.25, 0.3) is 11.6 Å². The summed E-state index contributed by atoms with van der Waals surface area (Å²) in [5.41, 5.74) is 0.448. The van der Waals surface area contributed by atoms with Crippen molar-refractivity contribution in [1.82, 2.24) is 0 Å². The van der Waals surface area contributed by atoms with E-state index in [4.69, 9.17) is 4.74 Å². The number of nitrogens with one attached hydrogen (secondary N) is 1. The highest BCUT2D eigenvalue weighted by atomic mass is 32.2. The molecular weight excluding hydrogens is 380 g/mol. The molecule has 1 amide bonds. The maximum atomic E-state index is 12.2. The molecule has 3 aromatic carbocycles. The monoisotopic (exact) mass is 396 g/mol. The average Bonchev–Trinajstić information content (AvgIpc) is 2.71. The minimum Gasteiger partial charge on any atom is -0.452 e. The van der Waals surface area contributed by atoms with E-state index in [0.717, 1.165) is 16.8 Å². The molecule has 0 spiro atoms. The number of hydrogen-bond acceptors (Lipinski definition) is 6. The molecule has 28 heavy (non-hydrogen) atoms. The Hall–Kier alpha value is -3.39. The van der Waals surface area contributed by atoms with E-state index in [-0.39, 0.29) is 11.3 Å². The van der Waals surface area contributed by atoms with E-state index in [1.54, 1.807) is 12.3 Å². The Balaban J connectivity index is 1.67. The van der Waals surface area contributed by atoms with Crippen molar-refractivity contribution in [2.75, 3.05) is 18.2 Å². The summed E-state index contributed by atoms with van der Waals surface area (Å²) in [5.74, 6) is -1.30. The molecule has 0 fully saturated rings. The minimum atomic E-state index is -0.802. The lowest BCUT2D eigenvalue weighted by Crippen LogP contribution is -2.21. The van der Waals surface area contributed by atoms with Crippen LogP contribution < -0.4 is 5.32 Å². The summed E-state index contributed by atoms with van der Waals surface area (Å²) in [6.07, 6.45) is 1.71. The molecule has 0 aromatic heterocycles. The van der Waals surface area contributed by atoms with Crippen LogP contribution in [0.25, 0.3) is 10.8 Å². The Morgan fingerprint density at radius 3 is 2.61 bits per heavy atom. The third kappa shape index (κ3) is 4.29. The number of ether oxygens (including phenoxy) is 1. The second-order valence-corrected chi connectivity index (χ2v) is 6.64. The van der Waals surface area contributed by atoms with Crippen molar-refractivity contribution < 1.29 is 19.2 Å². The Bertz CT molecular complexity index is 1060. The smallest absolute Gasteiger partial charge is 0.338 e. The SMILES string of the molecule is CSc1ccc(C(=O)OCC(=O)Nc2cccc3ccccc23)cc1[N+](=O)[O-]. The first-order valence-corrected chi connectivity index (χ1v) is 9.49. The number of anilines is 1. The van der Waals surface area contributed by atoms with Crippen LogP contribution in [0.1, 0.15) is 10.4 Å². The third-order valence-corrected chi connectivity index (χ3v) is 4.79. The molecule has 0 bridgehead atoms. The second kappa shape index (κ2) is 8.53. The average molecular weight is 396 g/mol. The molecule has 142 valence electrons. The number of fused-ring (bicyclic) bond motifs is 1. The van der Waals surface area contributed by atoms with Gasteiger partial charge in [-0.3, -0.25) is 14.9 Å². The number of carbonyl (C=O) groups is 2. The highest BCUT2D eigenvalue weighted by Gasteiger charge is 2.18. The van der Waals surface area contributed by atoms with Gasteiger partial charge in [0.1, 0.15) is 0 Å². The summed E-state index contributed by atoms with van der Waals surface area (Å²) >= 11 is 1.21. The highest BCUT2D eigenvalue weighted by molar-refractivity contribution is 7.98. The predicted molar refractivity (Wildman–Crippen MR) is 108 cm³/mol. The molecule has 0 unspecified atom stereocenters. The fourth-order valence-electron chi connectivity index (χ4n) is 2.69. The number of nitro groups is 1. The van der Waals surface area contributed by atoms with E-state index >= 15 is 0 Å². The van der Waals surface area contributed by atoms with E-state index in [9.17, 15) is 19.7 Å². The summed E-state index contributed by atoms with van der Waals surface area (Å²) in [7, 11) is 0. The lowest BCUT2D eigenvalue weighted by molar-refractivity contribution is -0.387. The Kier molecular flexibility index (Phi) is 5.90. The van der Waals surface area contributed by atoms with Gasteiger partial charge in [0.2, 0.25) is 0 Å². The Labute approximate surface area is 164 Å². The van der Waals surface area contributed by atoms with Crippen molar-refractivity contribution in [1.29, 1.82) is 0 Å². The lowest BCUT2D eigenvalue weighted by Gasteiger charge is -2.09. The molecule has 0 aliphatic carbocycles. The molecule has 7 nitrogen and oxygen atoms in total. The zero-order valence-electron chi connectivity index (χ0n) is 14.9. The van der Waals surface area contributed by atoms with Crippen LogP contribution in [0.15, 0.2) is 65.6 Å². The fraction of sp³-hybridized carbons (Fsp3) is 0.100. The summed E-state index contributed by atoms with van der Waals surface area (Å²) in [4.78, 5) is 35.3. The summed E-state index contributed by atoms with van der Waals surface area (Å²) in [5, 5.41) is 15.7. The molecule has 3 aromatic rings. The molecule has 0 heterocycles. The van der Waals surface area contributed by atoms with Gasteiger partial charge in [-0.2, -0.15) is 0 Å². The molecule has 0 atom stereocenters. The zero-order chi connectivity index (χ0) is 20.1. The van der Waals surface area contributed by atoms with Crippen molar-refractivity contribution >= 4 is 45.8 Å². The molecule has 0 aliphatic heterocycles. The minimum absolute atomic E-state index is 0.0162. The highest BCUT2D eigenvalue weighted by Crippen LogP contribution is 2.28. The molecule has 0 aliphatic rings. The quantitative estimate of drug-likeness (QED) is 0.289. The Morgan fingerprint density at radius 1 is 1.11 bits per heavy atom. The van der Waals surface area contributed by atoms with Crippen molar-refractivity contribution in [2.24, 2.45) is 0 Å². The summed E-state index contributed by atoms with van der Waals surface area (Å²) < 4.78 is 5.00. The van der Waals surface area contributed by atoms with Crippen LogP contribution in [0.2, 0.25) is 0 Å². The maximum Gasteiger partial charge on any atom is 0.338 e. The van der Waals surface area contributed by atoms with Crippen LogP contribution in [0, 0.1) is 10.1 Å². The Morgan fingerprint density at radius 2 is 1.86 bits per heavy atom. The van der Waals surface area contributed by atoms with Crippen molar-refractivity contribution in [3.05, 3.63) is 76.3 Å². The van der Waals surface area contributed by atoms with Crippen molar-refractivity contribution in [2.45, 2.75) is 4.90 Å². The number of benzene rings is 3. The summed E-state index contributed by atoms with van der Waals surface area (Å²) in [6.45, 7) is -0.500. The van der Waals surface area contributed by atoms with Crippen LogP contribution in [-0.4, -0.2) is 29.7 Å². The van der Waals surface area contributed by atoms with Crippen LogP contribution in [0.4, 0.5) is 11.4 Å². The number of nitro benzene ring substituents is 1. The first-order chi connectivity index (χ1) is 13.5. The van der Waals surface area contributed by atoms with Gasteiger partial charge in [-0.1, -0.05) is 36.4 Å². The van der Waals surface area contributed by atoms with Gasteiger partial charge in [-0.25, -0.2) is 4.79 Å². The van der Waals surface area contributed by atoms with Gasteiger partial charge in [0, 0.05) is 17.1 Å². The van der Waals surface area contributed by atoms with E-state index in [1.807, 2.05) is 36.4 Å². The normalized spacial score (nSPS) is 10.5. The molecular formula is C20H16N2O5S. The number of carbonyl (C=O) groups excluding carboxylic acids is 2. The largest absolute Gasteiger partial charge is 0.452 e. The van der Waals surface area contributed by atoms with Crippen LogP contribution in [0.3, 0.4) is 0 Å². The summed E-state index contributed by atoms with van der Waals surface area (Å²) in [6, 6.07) is 17.1. The van der Waals surface area contributed by atoms with E-state index in [0.29, 0.717) is 10.6 Å². The molecule has 0 radical (unpaired) electrons. The van der Waals surface area contributed by atoms with Gasteiger partial charge in [-0.05, 0) is 29.8 Å². The van der Waals surface area contributed by atoms with E-state index in [1.165, 1.54) is 23.9 Å². The van der Waals surface area contributed by atoms with Gasteiger partial charge in [0.15, 0.2) is 6.61 Å². The standard InChI is InChI=1S/C20H16N2O5S/c1-28-18-10-9-14(11-17(18)22(25)26)20(24)27-12-19(23)21-16-8-4-6-13-5-2-3-7-15(13)16/h2-11H,12H2,1H3,(H,21,23). The third-order valence-electron chi connectivity index (χ3n) is 4.01. The van der Waals surface area contributed by atoms with Crippen molar-refractivity contribution in [3.63, 3.8) is 0 Å². The zero-order valence-corrected chi connectivity index (χ0v) is 15.7. The number of hydrogen-bond donors (Lipinski definition) is 1. The molecule has 1 N–H and O–H groups in total. The topological polar surface area (TPSA) is 98.5 Å². The maximum absolute atomic E-state index is 12.2. The number of rotatable bonds is 6. The van der Waals surface area contributed by atoms with E-state index < -0.39 is 23.4 Å². The first-order valence-electron chi connectivity index (χ1n) is 8.27. The van der Waals surface area contributed by atoms with E-state index in [2.05, 4.69) is 5.32 Å². The second-order valence-electron chi connectivity index (χ2n) is 5.79. The van der Waals surface area contributed by atoms with Crippen LogP contribution in [-0.2, 0) is 9.53 Å². The predicted octanol–water partition coefficient (Wildman–Crippen LogP) is 4.27. The van der Waals surface area contributed by atoms with Crippen molar-refractivity contribution in [3.8, 4) is 0 Å². The number of esters is 1. The molecule has 8 heteroatoms. The van der Waals surface area contributed by atoms with Crippen LogP contribution in [0.5, 0.6) is 0 Å². The van der Waals surface area contributed by atoms with Gasteiger partial charge >= 0.3 is 5.97 Å². The number of amides is 1. The number of thioether (sulfide) groups is 1. The molecule has 0 saturated carbocycles. The lowest BCUT2D eigenvalue weighted by atomic mass is 10.1.